The van der Waals surface area contributed by atoms with E-state index in [-0.39, 0.29) is 17.6 Å². The second-order valence-electron chi connectivity index (χ2n) is 8.91. The van der Waals surface area contributed by atoms with Gasteiger partial charge in [0, 0.05) is 43.9 Å². The van der Waals surface area contributed by atoms with Crippen molar-refractivity contribution in [2.75, 3.05) is 40.1 Å². The van der Waals surface area contributed by atoms with Crippen LogP contribution in [0.25, 0.3) is 0 Å². The third kappa shape index (κ3) is 5.74. The number of amides is 1. The molecule has 1 amide bonds. The molecule has 2 N–H and O–H groups in total. The Hall–Kier alpha value is -4.08. The maximum atomic E-state index is 13.8. The number of aromatic nitrogens is 2. The molecule has 0 radical (unpaired) electrons. The number of halogens is 3. The van der Waals surface area contributed by atoms with Gasteiger partial charge in [-0.25, -0.2) is 4.98 Å². The van der Waals surface area contributed by atoms with Crippen molar-refractivity contribution in [3.05, 3.63) is 58.5 Å². The topological polar surface area (TPSA) is 100 Å². The van der Waals surface area contributed by atoms with Crippen LogP contribution < -0.4 is 14.8 Å². The van der Waals surface area contributed by atoms with Gasteiger partial charge in [0.2, 0.25) is 11.8 Å². The smallest absolute Gasteiger partial charge is 0.423 e. The first kappa shape index (κ1) is 27.0. The summed E-state index contributed by atoms with van der Waals surface area (Å²) in [5, 5.41) is 13.4. The standard InChI is InChI=1S/C26H26F3N5O4/c1-33(2)21(35)11-9-15-8-10-18(20(12-15)37-4)31-25-30-13-17(26(27,28)29)23(32-25)38-19-7-5-6-16-14-34(3)24(36)22(16)19/h7-8,10,12-13,24,36H,5-6,14H2,1-4H3,(H,30,31,32). The Morgan fingerprint density at radius 3 is 2.76 bits per heavy atom. The lowest BCUT2D eigenvalue weighted by Gasteiger charge is -2.22. The van der Waals surface area contributed by atoms with Crippen molar-refractivity contribution in [3.63, 3.8) is 0 Å². The van der Waals surface area contributed by atoms with Gasteiger partial charge in [-0.1, -0.05) is 5.92 Å². The Kier molecular flexibility index (Phi) is 7.61. The summed E-state index contributed by atoms with van der Waals surface area (Å²) in [6.07, 6.45) is -2.20. The number of hydrogen-bond acceptors (Lipinski definition) is 8. The summed E-state index contributed by atoms with van der Waals surface area (Å²) in [6.45, 7) is 0.503. The number of carbonyl (C=O) groups is 1. The molecule has 0 bridgehead atoms. The van der Waals surface area contributed by atoms with Gasteiger partial charge < -0.3 is 24.8 Å². The molecule has 0 spiro atoms. The summed E-state index contributed by atoms with van der Waals surface area (Å²) in [6, 6.07) is 4.76. The summed E-state index contributed by atoms with van der Waals surface area (Å²) in [5.41, 5.74) is 1.08. The van der Waals surface area contributed by atoms with E-state index in [0.717, 1.165) is 5.57 Å². The van der Waals surface area contributed by atoms with Crippen molar-refractivity contribution < 1.29 is 32.5 Å². The predicted octanol–water partition coefficient (Wildman–Crippen LogP) is 3.30. The van der Waals surface area contributed by atoms with E-state index >= 15 is 0 Å². The molecule has 12 heteroatoms. The van der Waals surface area contributed by atoms with E-state index in [1.807, 2.05) is 0 Å². The molecule has 1 aromatic heterocycles. The van der Waals surface area contributed by atoms with Gasteiger partial charge in [0.1, 0.15) is 23.3 Å². The number of rotatable bonds is 5. The Morgan fingerprint density at radius 1 is 1.32 bits per heavy atom. The lowest BCUT2D eigenvalue weighted by Crippen LogP contribution is -2.28. The van der Waals surface area contributed by atoms with Crippen molar-refractivity contribution in [1.82, 2.24) is 19.8 Å². The molecule has 0 fully saturated rings. The molecule has 0 saturated heterocycles. The normalized spacial score (nSPS) is 17.3. The number of aliphatic hydroxyl groups excluding tert-OH is 1. The predicted molar refractivity (Wildman–Crippen MR) is 132 cm³/mol. The number of likely N-dealkylation sites (N-methyl/N-ethyl adjacent to an activating group) is 1. The van der Waals surface area contributed by atoms with Crippen molar-refractivity contribution in [3.8, 4) is 23.5 Å². The Labute approximate surface area is 217 Å². The second-order valence-corrected chi connectivity index (χ2v) is 8.91. The number of ether oxygens (including phenoxy) is 2. The van der Waals surface area contributed by atoms with Gasteiger partial charge in [-0.2, -0.15) is 18.2 Å². The molecule has 1 aliphatic carbocycles. The summed E-state index contributed by atoms with van der Waals surface area (Å²) in [5.74, 6) is 4.45. The van der Waals surface area contributed by atoms with E-state index in [4.69, 9.17) is 9.47 Å². The first-order valence-electron chi connectivity index (χ1n) is 11.6. The number of aliphatic hydroxyl groups is 1. The average molecular weight is 530 g/mol. The minimum Gasteiger partial charge on any atom is -0.495 e. The molecule has 4 rings (SSSR count). The van der Waals surface area contributed by atoms with Crippen LogP contribution in [-0.2, 0) is 11.0 Å². The first-order valence-corrected chi connectivity index (χ1v) is 11.6. The highest BCUT2D eigenvalue weighted by Gasteiger charge is 2.39. The minimum atomic E-state index is -4.77. The third-order valence-corrected chi connectivity index (χ3v) is 5.97. The number of anilines is 2. The summed E-state index contributed by atoms with van der Waals surface area (Å²) in [7, 11) is 6.30. The van der Waals surface area contributed by atoms with Crippen LogP contribution in [0.4, 0.5) is 24.8 Å². The number of hydrogen-bond donors (Lipinski definition) is 2. The number of benzene rings is 1. The van der Waals surface area contributed by atoms with E-state index < -0.39 is 23.8 Å². The van der Waals surface area contributed by atoms with E-state index in [1.54, 1.807) is 50.3 Å². The zero-order chi connectivity index (χ0) is 27.6. The van der Waals surface area contributed by atoms with Crippen molar-refractivity contribution in [1.29, 1.82) is 0 Å². The van der Waals surface area contributed by atoms with Crippen LogP contribution in [0, 0.1) is 11.8 Å². The molecule has 0 saturated carbocycles. The highest BCUT2D eigenvalue weighted by atomic mass is 19.4. The van der Waals surface area contributed by atoms with Crippen LogP contribution in [0.1, 0.15) is 24.0 Å². The molecule has 1 aliphatic heterocycles. The monoisotopic (exact) mass is 529 g/mol. The summed E-state index contributed by atoms with van der Waals surface area (Å²) >= 11 is 0. The molecular weight excluding hydrogens is 503 g/mol. The van der Waals surface area contributed by atoms with Gasteiger partial charge in [-0.15, -0.1) is 0 Å². The molecule has 2 heterocycles. The van der Waals surface area contributed by atoms with Gasteiger partial charge in [0.05, 0.1) is 12.8 Å². The van der Waals surface area contributed by atoms with E-state index in [0.29, 0.717) is 48.2 Å². The molecule has 38 heavy (non-hydrogen) atoms. The van der Waals surface area contributed by atoms with E-state index in [9.17, 15) is 23.1 Å². The molecule has 1 aromatic carbocycles. The molecule has 1 atom stereocenters. The Morgan fingerprint density at radius 2 is 2.08 bits per heavy atom. The number of carbonyl (C=O) groups excluding carboxylic acids is 1. The van der Waals surface area contributed by atoms with Crippen LogP contribution in [0.3, 0.4) is 0 Å². The number of methoxy groups -OCH3 is 1. The van der Waals surface area contributed by atoms with Gasteiger partial charge in [-0.3, -0.25) is 9.69 Å². The summed E-state index contributed by atoms with van der Waals surface area (Å²) < 4.78 is 52.4. The molecule has 2 aliphatic rings. The number of nitrogens with one attached hydrogen (secondary N) is 1. The zero-order valence-corrected chi connectivity index (χ0v) is 21.2. The zero-order valence-electron chi connectivity index (χ0n) is 21.2. The van der Waals surface area contributed by atoms with Gasteiger partial charge >= 0.3 is 6.18 Å². The van der Waals surface area contributed by atoms with Crippen LogP contribution in [0.5, 0.6) is 11.6 Å². The largest absolute Gasteiger partial charge is 0.495 e. The van der Waals surface area contributed by atoms with Crippen molar-refractivity contribution in [2.24, 2.45) is 0 Å². The highest BCUT2D eigenvalue weighted by molar-refractivity contribution is 5.93. The molecule has 2 aromatic rings. The van der Waals surface area contributed by atoms with Gasteiger partial charge in [0.15, 0.2) is 0 Å². The fraction of sp³-hybridized carbons (Fsp3) is 0.346. The first-order chi connectivity index (χ1) is 18.0. The maximum Gasteiger partial charge on any atom is 0.423 e. The average Bonchev–Trinajstić information content (AvgIpc) is 3.16. The number of allylic oxidation sites excluding steroid dienone is 1. The summed E-state index contributed by atoms with van der Waals surface area (Å²) in [4.78, 5) is 22.6. The lowest BCUT2D eigenvalue weighted by molar-refractivity contribution is -0.139. The third-order valence-electron chi connectivity index (χ3n) is 5.97. The quantitative estimate of drug-likeness (QED) is 0.570. The van der Waals surface area contributed by atoms with Crippen LogP contribution in [-0.4, -0.2) is 71.8 Å². The number of nitrogens with zero attached hydrogens (tertiary/aromatic N) is 4. The van der Waals surface area contributed by atoms with Crippen LogP contribution >= 0.6 is 0 Å². The Balaban J connectivity index is 1.64. The van der Waals surface area contributed by atoms with Crippen LogP contribution in [0.2, 0.25) is 0 Å². The maximum absolute atomic E-state index is 13.8. The second kappa shape index (κ2) is 10.7. The molecule has 1 unspecified atom stereocenters. The van der Waals surface area contributed by atoms with Crippen LogP contribution in [0.15, 0.2) is 47.4 Å². The molecule has 200 valence electrons. The van der Waals surface area contributed by atoms with Crippen molar-refractivity contribution in [2.45, 2.75) is 25.2 Å². The fourth-order valence-electron chi connectivity index (χ4n) is 4.01. The van der Waals surface area contributed by atoms with E-state index in [1.165, 1.54) is 12.0 Å². The highest BCUT2D eigenvalue weighted by Crippen LogP contribution is 2.40. The minimum absolute atomic E-state index is 0.144. The Bertz CT molecular complexity index is 1380. The van der Waals surface area contributed by atoms with Gasteiger partial charge in [0.25, 0.3) is 5.91 Å². The molecule has 9 nitrogen and oxygen atoms in total. The number of alkyl halides is 3. The van der Waals surface area contributed by atoms with E-state index in [2.05, 4.69) is 27.1 Å². The van der Waals surface area contributed by atoms with Gasteiger partial charge in [-0.05, 0) is 49.7 Å². The fourth-order valence-corrected chi connectivity index (χ4v) is 4.01. The van der Waals surface area contributed by atoms with Crippen molar-refractivity contribution >= 4 is 17.5 Å². The lowest BCUT2D eigenvalue weighted by atomic mass is 9.98. The molecular formula is C26H26F3N5O4. The SMILES string of the molecule is COc1cc(C#CC(=O)N(C)C)ccc1Nc1ncc(C(F)(F)F)c(OC2=CCCC3=C2C(O)N(C)C3)n1.